The molecule has 4 heteroatoms. The Labute approximate surface area is 177 Å². The number of piperidine rings is 1. The number of likely N-dealkylation sites (tertiary alicyclic amines) is 1. The highest BCUT2D eigenvalue weighted by Gasteiger charge is 2.22. The van der Waals surface area contributed by atoms with E-state index in [1.165, 1.54) is 5.56 Å². The van der Waals surface area contributed by atoms with Gasteiger partial charge >= 0.3 is 0 Å². The molecule has 2 aromatic carbocycles. The summed E-state index contributed by atoms with van der Waals surface area (Å²) in [5.74, 6) is 0.640. The van der Waals surface area contributed by atoms with Crippen molar-refractivity contribution >= 4 is 5.65 Å². The normalized spacial score (nSPS) is 15.3. The summed E-state index contributed by atoms with van der Waals surface area (Å²) in [7, 11) is 0. The number of hydrogen-bond donors (Lipinski definition) is 0. The van der Waals surface area contributed by atoms with Crippen molar-refractivity contribution in [1.29, 1.82) is 5.26 Å². The lowest BCUT2D eigenvalue weighted by molar-refractivity contribution is 0.204. The van der Waals surface area contributed by atoms with Crippen LogP contribution in [0.15, 0.2) is 79.1 Å². The van der Waals surface area contributed by atoms with Gasteiger partial charge in [0, 0.05) is 18.3 Å². The van der Waals surface area contributed by atoms with Crippen molar-refractivity contribution in [3.8, 4) is 17.3 Å². The zero-order chi connectivity index (χ0) is 20.3. The molecule has 0 saturated carbocycles. The largest absolute Gasteiger partial charge is 0.299 e. The van der Waals surface area contributed by atoms with Crippen LogP contribution in [0.1, 0.15) is 35.4 Å². The van der Waals surface area contributed by atoms with Crippen LogP contribution in [0.2, 0.25) is 0 Å². The van der Waals surface area contributed by atoms with Crippen LogP contribution in [0, 0.1) is 11.3 Å². The van der Waals surface area contributed by atoms with Crippen LogP contribution in [-0.4, -0.2) is 27.4 Å². The van der Waals surface area contributed by atoms with E-state index in [4.69, 9.17) is 0 Å². The van der Waals surface area contributed by atoms with Crippen LogP contribution in [0.5, 0.6) is 0 Å². The van der Waals surface area contributed by atoms with Gasteiger partial charge in [-0.1, -0.05) is 60.7 Å². The summed E-state index contributed by atoms with van der Waals surface area (Å²) in [6.07, 6.45) is 6.24. The molecule has 0 aliphatic carbocycles. The molecule has 1 aliphatic heterocycles. The molecule has 0 spiro atoms. The first-order valence-corrected chi connectivity index (χ1v) is 10.6. The first-order valence-electron chi connectivity index (χ1n) is 10.6. The molecular formula is C26H24N4. The average Bonchev–Trinajstić information content (AvgIpc) is 3.25. The Balaban J connectivity index is 1.36. The summed E-state index contributed by atoms with van der Waals surface area (Å²) in [6, 6.07) is 25.5. The molecular weight excluding hydrogens is 368 g/mol. The number of aromatic nitrogens is 2. The van der Waals surface area contributed by atoms with Gasteiger partial charge in [-0.2, -0.15) is 5.26 Å². The predicted molar refractivity (Wildman–Crippen MR) is 119 cm³/mol. The second kappa shape index (κ2) is 8.14. The fourth-order valence-electron chi connectivity index (χ4n) is 4.55. The number of rotatable bonds is 4. The van der Waals surface area contributed by atoms with E-state index in [0.717, 1.165) is 54.9 Å². The Kier molecular flexibility index (Phi) is 5.04. The van der Waals surface area contributed by atoms with E-state index in [1.54, 1.807) is 0 Å². The third-order valence-electron chi connectivity index (χ3n) is 6.20. The standard InChI is InChI=1S/C26H24N4/c27-17-24-23(19-29-14-11-21(12-15-29)20-7-3-1-4-8-20)13-16-30-25(18-28-26(24)30)22-9-5-2-6-10-22/h1-10,13,16,18,21H,11-12,14-15,19H2. The molecule has 148 valence electrons. The summed E-state index contributed by atoms with van der Waals surface area (Å²) in [5.41, 5.74) is 6.05. The third-order valence-corrected chi connectivity index (χ3v) is 6.20. The first-order chi connectivity index (χ1) is 14.8. The van der Waals surface area contributed by atoms with Gasteiger partial charge < -0.3 is 0 Å². The molecule has 0 atom stereocenters. The van der Waals surface area contributed by atoms with Gasteiger partial charge in [-0.15, -0.1) is 0 Å². The average molecular weight is 393 g/mol. The lowest BCUT2D eigenvalue weighted by atomic mass is 9.89. The monoisotopic (exact) mass is 392 g/mol. The topological polar surface area (TPSA) is 44.3 Å². The summed E-state index contributed by atoms with van der Waals surface area (Å²) in [5, 5.41) is 9.89. The lowest BCUT2D eigenvalue weighted by Crippen LogP contribution is -2.32. The van der Waals surface area contributed by atoms with E-state index in [-0.39, 0.29) is 0 Å². The highest BCUT2D eigenvalue weighted by molar-refractivity contribution is 5.68. The van der Waals surface area contributed by atoms with Gasteiger partial charge in [0.05, 0.1) is 17.5 Å². The van der Waals surface area contributed by atoms with Crippen molar-refractivity contribution in [2.24, 2.45) is 0 Å². The maximum atomic E-state index is 9.89. The third kappa shape index (κ3) is 3.49. The van der Waals surface area contributed by atoms with Gasteiger partial charge in [0.2, 0.25) is 0 Å². The number of fused-ring (bicyclic) bond motifs is 1. The summed E-state index contributed by atoms with van der Waals surface area (Å²) in [6.45, 7) is 2.91. The van der Waals surface area contributed by atoms with E-state index < -0.39 is 0 Å². The first kappa shape index (κ1) is 18.6. The molecule has 0 amide bonds. The Morgan fingerprint density at radius 2 is 1.63 bits per heavy atom. The van der Waals surface area contributed by atoms with Gasteiger partial charge in [0.15, 0.2) is 5.65 Å². The number of imidazole rings is 1. The molecule has 0 radical (unpaired) electrons. The Morgan fingerprint density at radius 3 is 2.33 bits per heavy atom. The van der Waals surface area contributed by atoms with E-state index >= 15 is 0 Å². The molecule has 5 rings (SSSR count). The predicted octanol–water partition coefficient (Wildman–Crippen LogP) is 5.25. The van der Waals surface area contributed by atoms with Crippen molar-refractivity contribution < 1.29 is 0 Å². The second-order valence-corrected chi connectivity index (χ2v) is 7.99. The minimum Gasteiger partial charge on any atom is -0.299 e. The zero-order valence-corrected chi connectivity index (χ0v) is 16.9. The van der Waals surface area contributed by atoms with E-state index in [2.05, 4.69) is 70.7 Å². The quantitative estimate of drug-likeness (QED) is 0.476. The molecule has 0 unspecified atom stereocenters. The van der Waals surface area contributed by atoms with E-state index in [0.29, 0.717) is 11.5 Å². The number of nitrogens with zero attached hydrogens (tertiary/aromatic N) is 4. The minimum absolute atomic E-state index is 0.640. The van der Waals surface area contributed by atoms with Crippen molar-refractivity contribution in [3.63, 3.8) is 0 Å². The molecule has 30 heavy (non-hydrogen) atoms. The van der Waals surface area contributed by atoms with Gasteiger partial charge in [0.1, 0.15) is 6.07 Å². The molecule has 4 nitrogen and oxygen atoms in total. The van der Waals surface area contributed by atoms with Crippen LogP contribution < -0.4 is 0 Å². The van der Waals surface area contributed by atoms with Crippen LogP contribution in [-0.2, 0) is 6.54 Å². The molecule has 1 saturated heterocycles. The zero-order valence-electron chi connectivity index (χ0n) is 16.9. The molecule has 2 aromatic heterocycles. The summed E-state index contributed by atoms with van der Waals surface area (Å²) < 4.78 is 2.03. The number of benzene rings is 2. The van der Waals surface area contributed by atoms with Gasteiger partial charge in [-0.05, 0) is 49.0 Å². The molecule has 1 fully saturated rings. The molecule has 4 aromatic rings. The highest BCUT2D eigenvalue weighted by atomic mass is 15.1. The molecule has 0 N–H and O–H groups in total. The van der Waals surface area contributed by atoms with Crippen molar-refractivity contribution in [1.82, 2.24) is 14.3 Å². The van der Waals surface area contributed by atoms with Gasteiger partial charge in [-0.3, -0.25) is 9.30 Å². The maximum absolute atomic E-state index is 9.89. The Morgan fingerprint density at radius 1 is 0.933 bits per heavy atom. The van der Waals surface area contributed by atoms with Crippen LogP contribution in [0.4, 0.5) is 0 Å². The van der Waals surface area contributed by atoms with Crippen LogP contribution >= 0.6 is 0 Å². The van der Waals surface area contributed by atoms with Crippen molar-refractivity contribution in [3.05, 3.63) is 95.8 Å². The SMILES string of the molecule is N#Cc1c(CN2CCC(c3ccccc3)CC2)ccn2c(-c3ccccc3)cnc12. The van der Waals surface area contributed by atoms with Gasteiger partial charge in [-0.25, -0.2) is 4.98 Å². The Bertz CT molecular complexity index is 1180. The highest BCUT2D eigenvalue weighted by Crippen LogP contribution is 2.29. The van der Waals surface area contributed by atoms with Gasteiger partial charge in [0.25, 0.3) is 0 Å². The summed E-state index contributed by atoms with van der Waals surface area (Å²) >= 11 is 0. The van der Waals surface area contributed by atoms with Crippen LogP contribution in [0.25, 0.3) is 16.9 Å². The number of pyridine rings is 1. The Hall–Kier alpha value is -3.42. The van der Waals surface area contributed by atoms with Crippen molar-refractivity contribution in [2.45, 2.75) is 25.3 Å². The smallest absolute Gasteiger partial charge is 0.155 e. The van der Waals surface area contributed by atoms with Crippen molar-refractivity contribution in [2.75, 3.05) is 13.1 Å². The number of nitriles is 1. The molecule has 0 bridgehead atoms. The molecule has 3 heterocycles. The number of hydrogen-bond acceptors (Lipinski definition) is 3. The summed E-state index contributed by atoms with van der Waals surface area (Å²) in [4.78, 5) is 7.06. The maximum Gasteiger partial charge on any atom is 0.155 e. The second-order valence-electron chi connectivity index (χ2n) is 7.99. The van der Waals surface area contributed by atoms with Crippen LogP contribution in [0.3, 0.4) is 0 Å². The van der Waals surface area contributed by atoms with E-state index in [9.17, 15) is 5.26 Å². The fourth-order valence-corrected chi connectivity index (χ4v) is 4.55. The lowest BCUT2D eigenvalue weighted by Gasteiger charge is -2.32. The molecule has 1 aliphatic rings. The minimum atomic E-state index is 0.640. The fraction of sp³-hybridized carbons (Fsp3) is 0.231. The van der Waals surface area contributed by atoms with E-state index in [1.807, 2.05) is 28.8 Å².